The van der Waals surface area contributed by atoms with Crippen molar-refractivity contribution in [2.75, 3.05) is 6.61 Å². The zero-order valence-corrected chi connectivity index (χ0v) is 20.3. The van der Waals surface area contributed by atoms with Gasteiger partial charge >= 0.3 is 5.97 Å². The van der Waals surface area contributed by atoms with E-state index in [0.29, 0.717) is 0 Å². The van der Waals surface area contributed by atoms with Crippen LogP contribution < -0.4 is 10.4 Å². The van der Waals surface area contributed by atoms with E-state index < -0.39 is 32.5 Å². The predicted molar refractivity (Wildman–Crippen MR) is 126 cm³/mol. The van der Waals surface area contributed by atoms with Crippen LogP contribution in [0.25, 0.3) is 10.4 Å². The van der Waals surface area contributed by atoms with Crippen molar-refractivity contribution in [3.8, 4) is 0 Å². The summed E-state index contributed by atoms with van der Waals surface area (Å²) in [6.07, 6.45) is -2.02. The van der Waals surface area contributed by atoms with E-state index in [2.05, 4.69) is 55.1 Å². The number of carbonyl (C=O) groups is 1. The van der Waals surface area contributed by atoms with E-state index in [-0.39, 0.29) is 17.7 Å². The molecule has 1 aliphatic heterocycles. The Bertz CT molecular complexity index is 917. The highest BCUT2D eigenvalue weighted by Gasteiger charge is 2.55. The van der Waals surface area contributed by atoms with Gasteiger partial charge in [-0.05, 0) is 34.8 Å². The average Bonchev–Trinajstić information content (AvgIpc) is 3.14. The largest absolute Gasteiger partial charge is 0.461 e. The lowest BCUT2D eigenvalue weighted by atomic mass is 10.1. The number of hydrogen-bond donors (Lipinski definition) is 0. The first-order chi connectivity index (χ1) is 15.2. The highest BCUT2D eigenvalue weighted by Crippen LogP contribution is 2.39. The molecule has 1 heterocycles. The molecule has 32 heavy (non-hydrogen) atoms. The first-order valence-electron chi connectivity index (χ1n) is 10.9. The Kier molecular flexibility index (Phi) is 7.41. The molecule has 0 bridgehead atoms. The fraction of sp³-hybridized carbons (Fsp3) is 0.458. The van der Waals surface area contributed by atoms with E-state index in [1.54, 1.807) is 13.8 Å². The average molecular weight is 454 g/mol. The number of carbonyl (C=O) groups excluding carboxylic acids is 1. The number of azide groups is 1. The Morgan fingerprint density at radius 3 is 2.06 bits per heavy atom. The van der Waals surface area contributed by atoms with E-state index in [4.69, 9.17) is 19.4 Å². The Morgan fingerprint density at radius 2 is 1.62 bits per heavy atom. The molecule has 8 heteroatoms. The van der Waals surface area contributed by atoms with Crippen LogP contribution in [0, 0.1) is 0 Å². The minimum Gasteiger partial charge on any atom is -0.461 e. The maximum atomic E-state index is 12.9. The maximum Gasteiger partial charge on any atom is 0.338 e. The Labute approximate surface area is 190 Å². The van der Waals surface area contributed by atoms with Gasteiger partial charge in [0, 0.05) is 4.91 Å². The van der Waals surface area contributed by atoms with Crippen LogP contribution >= 0.6 is 0 Å². The molecular formula is C24H31N3O4Si. The van der Waals surface area contributed by atoms with Gasteiger partial charge in [0.1, 0.15) is 0 Å². The molecule has 0 N–H and O–H groups in total. The van der Waals surface area contributed by atoms with Crippen molar-refractivity contribution in [3.63, 3.8) is 0 Å². The van der Waals surface area contributed by atoms with Gasteiger partial charge in [-0.25, -0.2) is 4.79 Å². The van der Waals surface area contributed by atoms with Gasteiger partial charge in [-0.15, -0.1) is 0 Å². The summed E-state index contributed by atoms with van der Waals surface area (Å²) in [5, 5.41) is 5.76. The summed E-state index contributed by atoms with van der Waals surface area (Å²) in [4.78, 5) is 15.9. The van der Waals surface area contributed by atoms with Crippen molar-refractivity contribution >= 4 is 24.7 Å². The lowest BCUT2D eigenvalue weighted by molar-refractivity contribution is -0.161. The van der Waals surface area contributed by atoms with Gasteiger partial charge in [-0.3, -0.25) is 0 Å². The quantitative estimate of drug-likeness (QED) is 0.208. The molecule has 1 saturated heterocycles. The summed E-state index contributed by atoms with van der Waals surface area (Å²) in [7, 11) is -2.98. The van der Waals surface area contributed by atoms with Crippen molar-refractivity contribution in [3.05, 3.63) is 71.1 Å². The van der Waals surface area contributed by atoms with E-state index in [9.17, 15) is 4.79 Å². The van der Waals surface area contributed by atoms with Gasteiger partial charge in [0.05, 0.1) is 24.9 Å². The normalized spacial score (nSPS) is 21.2. The molecule has 170 valence electrons. The molecule has 0 radical (unpaired) electrons. The van der Waals surface area contributed by atoms with Crippen LogP contribution in [0.2, 0.25) is 5.04 Å². The van der Waals surface area contributed by atoms with Crippen LogP contribution in [0.15, 0.2) is 65.8 Å². The molecule has 0 amide bonds. The molecule has 7 nitrogen and oxygen atoms in total. The van der Waals surface area contributed by atoms with Gasteiger partial charge in [0.25, 0.3) is 8.32 Å². The molecule has 0 unspecified atom stereocenters. The Hall–Kier alpha value is -2.64. The first kappa shape index (κ1) is 24.0. The number of hydrogen-bond acceptors (Lipinski definition) is 5. The first-order valence-corrected chi connectivity index (χ1v) is 12.8. The lowest BCUT2D eigenvalue weighted by Gasteiger charge is -2.45. The zero-order valence-electron chi connectivity index (χ0n) is 19.3. The molecule has 2 aromatic rings. The van der Waals surface area contributed by atoms with E-state index >= 15 is 0 Å². The highest BCUT2D eigenvalue weighted by molar-refractivity contribution is 6.99. The van der Waals surface area contributed by atoms with Gasteiger partial charge in [0.15, 0.2) is 6.10 Å². The van der Waals surface area contributed by atoms with Crippen LogP contribution in [-0.4, -0.2) is 45.2 Å². The number of esters is 1. The monoisotopic (exact) mass is 453 g/mol. The molecule has 1 aliphatic rings. The Balaban J connectivity index is 2.17. The number of benzene rings is 2. The molecule has 1 fully saturated rings. The van der Waals surface area contributed by atoms with Crippen molar-refractivity contribution in [2.24, 2.45) is 5.11 Å². The van der Waals surface area contributed by atoms with Crippen molar-refractivity contribution in [1.29, 1.82) is 0 Å². The molecular weight excluding hydrogens is 422 g/mol. The summed E-state index contributed by atoms with van der Waals surface area (Å²) in [5.74, 6) is -0.501. The molecule has 3 atom stereocenters. The van der Waals surface area contributed by atoms with Gasteiger partial charge in [-0.2, -0.15) is 0 Å². The summed E-state index contributed by atoms with van der Waals surface area (Å²) in [5.41, 5.74) is 9.15. The molecule has 0 saturated carbocycles. The molecule has 0 aliphatic carbocycles. The fourth-order valence-corrected chi connectivity index (χ4v) is 9.00. The van der Waals surface area contributed by atoms with Gasteiger partial charge in [-0.1, -0.05) is 86.5 Å². The number of rotatable bonds is 7. The number of nitrogens with zero attached hydrogens (tertiary/aromatic N) is 3. The van der Waals surface area contributed by atoms with Crippen LogP contribution in [-0.2, 0) is 18.7 Å². The molecule has 3 rings (SSSR count). The van der Waals surface area contributed by atoms with E-state index in [0.717, 1.165) is 10.4 Å². The molecule has 0 aromatic heterocycles. The fourth-order valence-electron chi connectivity index (χ4n) is 4.30. The second kappa shape index (κ2) is 9.88. The zero-order chi connectivity index (χ0) is 23.4. The van der Waals surface area contributed by atoms with Crippen LogP contribution in [0.5, 0.6) is 0 Å². The predicted octanol–water partition coefficient (Wildman–Crippen LogP) is 3.96. The van der Waals surface area contributed by atoms with Crippen LogP contribution in [0.4, 0.5) is 0 Å². The van der Waals surface area contributed by atoms with Crippen molar-refractivity contribution in [1.82, 2.24) is 0 Å². The van der Waals surface area contributed by atoms with Gasteiger partial charge < -0.3 is 13.9 Å². The summed E-state index contributed by atoms with van der Waals surface area (Å²) < 4.78 is 18.3. The minimum absolute atomic E-state index is 0.102. The third-order valence-corrected chi connectivity index (χ3v) is 10.7. The smallest absolute Gasteiger partial charge is 0.338 e. The summed E-state index contributed by atoms with van der Waals surface area (Å²) in [6.45, 7) is 10.1. The number of ether oxygens (including phenoxy) is 2. The van der Waals surface area contributed by atoms with Crippen molar-refractivity contribution < 1.29 is 18.7 Å². The SMILES string of the molecule is CC(C)OC(=O)[C@H]1OC[C@@H](N=[N+]=[N-])[C@@H]1O[Si](c1ccccc1)(c1ccccc1)C(C)(C)C. The standard InChI is InChI=1S/C24H31N3O4Si/c1-17(2)30-23(28)22-21(20(16-29-22)26-27-25)31-32(24(3,4)5,18-12-8-6-9-13-18)19-14-10-7-11-15-19/h6-15,17,20-22H,16H2,1-5H3/t20-,21+,22+/m1/s1. The third-order valence-electron chi connectivity index (χ3n) is 5.64. The minimum atomic E-state index is -2.98. The summed E-state index contributed by atoms with van der Waals surface area (Å²) >= 11 is 0. The van der Waals surface area contributed by atoms with Crippen molar-refractivity contribution in [2.45, 2.75) is 64.0 Å². The Morgan fingerprint density at radius 1 is 1.09 bits per heavy atom. The second-order valence-electron chi connectivity index (χ2n) is 9.26. The molecule has 0 spiro atoms. The summed E-state index contributed by atoms with van der Waals surface area (Å²) in [6, 6.07) is 19.6. The van der Waals surface area contributed by atoms with Gasteiger partial charge in [0.2, 0.25) is 0 Å². The lowest BCUT2D eigenvalue weighted by Crippen LogP contribution is -2.69. The third kappa shape index (κ3) is 4.73. The topological polar surface area (TPSA) is 93.5 Å². The van der Waals surface area contributed by atoms with Crippen LogP contribution in [0.3, 0.4) is 0 Å². The highest BCUT2D eigenvalue weighted by atomic mass is 28.4. The second-order valence-corrected chi connectivity index (χ2v) is 13.5. The maximum absolute atomic E-state index is 12.9. The van der Waals surface area contributed by atoms with Crippen LogP contribution in [0.1, 0.15) is 34.6 Å². The van der Waals surface area contributed by atoms with E-state index in [1.807, 2.05) is 36.4 Å². The molecule has 2 aromatic carbocycles. The van der Waals surface area contributed by atoms with E-state index in [1.165, 1.54) is 0 Å².